The van der Waals surface area contributed by atoms with Crippen molar-refractivity contribution < 1.29 is 11.7 Å². The normalized spacial score (nSPS) is 13.1. The summed E-state index contributed by atoms with van der Waals surface area (Å²) in [5.74, 6) is 0. The zero-order valence-corrected chi connectivity index (χ0v) is 21.2. The summed E-state index contributed by atoms with van der Waals surface area (Å²) >= 11 is 0. The van der Waals surface area contributed by atoms with Gasteiger partial charge in [-0.2, -0.15) is 4.57 Å². The molecule has 35 heavy (non-hydrogen) atoms. The molecular formula is C32H31N2O+. The predicted molar refractivity (Wildman–Crippen MR) is 145 cm³/mol. The van der Waals surface area contributed by atoms with Crippen molar-refractivity contribution in [2.75, 3.05) is 0 Å². The molecule has 0 atom stereocenters. The summed E-state index contributed by atoms with van der Waals surface area (Å²) < 4.78 is 26.6. The van der Waals surface area contributed by atoms with Gasteiger partial charge in [-0.1, -0.05) is 69.3 Å². The summed E-state index contributed by atoms with van der Waals surface area (Å²) in [6.45, 7) is 17.6. The number of aromatic nitrogens is 1. The highest BCUT2D eigenvalue weighted by atomic mass is 16.3. The molecule has 0 aliphatic carbocycles. The number of furan rings is 1. The minimum Gasteiger partial charge on any atom is -0.466 e. The van der Waals surface area contributed by atoms with E-state index in [1.165, 1.54) is 0 Å². The smallest absolute Gasteiger partial charge is 0.229 e. The van der Waals surface area contributed by atoms with Gasteiger partial charge in [0, 0.05) is 32.6 Å². The zero-order chi connectivity index (χ0) is 26.7. The largest absolute Gasteiger partial charge is 0.466 e. The molecule has 174 valence electrons. The van der Waals surface area contributed by atoms with Crippen LogP contribution in [0.1, 0.15) is 40.3 Å². The Morgan fingerprint density at radius 3 is 2.40 bits per heavy atom. The molecule has 2 aromatic heterocycles. The molecule has 0 N–H and O–H groups in total. The lowest BCUT2D eigenvalue weighted by Gasteiger charge is -2.19. The highest BCUT2D eigenvalue weighted by molar-refractivity contribution is 6.18. The maximum Gasteiger partial charge on any atom is 0.229 e. The number of fused-ring (bicyclic) bond motifs is 3. The van der Waals surface area contributed by atoms with E-state index in [1.54, 1.807) is 6.07 Å². The quantitative estimate of drug-likeness (QED) is 0.195. The predicted octanol–water partition coefficient (Wildman–Crippen LogP) is 8.50. The minimum atomic E-state index is -1.54. The monoisotopic (exact) mass is 461 g/mol. The van der Waals surface area contributed by atoms with E-state index in [1.807, 2.05) is 77.2 Å². The zero-order valence-electron chi connectivity index (χ0n) is 23.2. The number of aryl methyl sites for hydroxylation is 2. The Bertz CT molecular complexity index is 1720. The average molecular weight is 462 g/mol. The number of rotatable bonds is 3. The first-order chi connectivity index (χ1) is 17.5. The standard InChI is InChI=1S/C32H31N2O/c1-20-16-25(23-12-9-8-10-13-23)29-24-14-11-15-26(33-6)30(24)35-31(29)28(20)27-18-22(19-32(3,4)5)17-21(2)34(27)7/h8-18H,19H2,1-5,7H3/q+1/i19D2. The Morgan fingerprint density at radius 2 is 1.71 bits per heavy atom. The van der Waals surface area contributed by atoms with Crippen molar-refractivity contribution in [2.45, 2.75) is 41.0 Å². The van der Waals surface area contributed by atoms with Gasteiger partial charge in [-0.25, -0.2) is 4.85 Å². The van der Waals surface area contributed by atoms with Gasteiger partial charge >= 0.3 is 0 Å². The molecule has 0 saturated heterocycles. The van der Waals surface area contributed by atoms with Crippen LogP contribution in [0.2, 0.25) is 0 Å². The van der Waals surface area contributed by atoms with Crippen LogP contribution in [0.5, 0.6) is 0 Å². The topological polar surface area (TPSA) is 21.4 Å². The van der Waals surface area contributed by atoms with E-state index in [0.717, 1.165) is 44.4 Å². The van der Waals surface area contributed by atoms with Crippen molar-refractivity contribution in [3.05, 3.63) is 95.0 Å². The van der Waals surface area contributed by atoms with Crippen LogP contribution in [0.25, 0.3) is 49.2 Å². The van der Waals surface area contributed by atoms with Crippen LogP contribution < -0.4 is 4.57 Å². The Hall–Kier alpha value is -3.90. The van der Waals surface area contributed by atoms with Gasteiger partial charge < -0.3 is 4.42 Å². The number of hydrogen-bond acceptors (Lipinski definition) is 1. The van der Waals surface area contributed by atoms with E-state index < -0.39 is 11.8 Å². The molecule has 0 spiro atoms. The Kier molecular flexibility index (Phi) is 4.91. The van der Waals surface area contributed by atoms with E-state index in [0.29, 0.717) is 22.4 Å². The molecule has 0 amide bonds. The van der Waals surface area contributed by atoms with Crippen LogP contribution in [0.4, 0.5) is 5.69 Å². The highest BCUT2D eigenvalue weighted by Crippen LogP contribution is 2.45. The summed E-state index contributed by atoms with van der Waals surface area (Å²) in [7, 11) is 2.00. The molecule has 0 saturated carbocycles. The summed E-state index contributed by atoms with van der Waals surface area (Å²) in [6, 6.07) is 22.0. The molecule has 2 heterocycles. The molecule has 0 bridgehead atoms. The van der Waals surface area contributed by atoms with E-state index in [4.69, 9.17) is 13.7 Å². The second-order valence-corrected chi connectivity index (χ2v) is 10.3. The van der Waals surface area contributed by atoms with E-state index in [-0.39, 0.29) is 0 Å². The number of nitrogens with zero attached hydrogens (tertiary/aromatic N) is 2. The summed E-state index contributed by atoms with van der Waals surface area (Å²) in [5.41, 5.74) is 7.75. The van der Waals surface area contributed by atoms with Gasteiger partial charge in [0.2, 0.25) is 11.4 Å². The van der Waals surface area contributed by atoms with E-state index in [2.05, 4.69) is 34.5 Å². The van der Waals surface area contributed by atoms with Crippen molar-refractivity contribution >= 4 is 27.6 Å². The maximum atomic E-state index is 8.95. The van der Waals surface area contributed by atoms with Gasteiger partial charge in [0.25, 0.3) is 0 Å². The lowest BCUT2D eigenvalue weighted by Crippen LogP contribution is -2.35. The molecule has 0 unspecified atom stereocenters. The molecule has 0 fully saturated rings. The van der Waals surface area contributed by atoms with E-state index >= 15 is 0 Å². The second kappa shape index (κ2) is 8.40. The Morgan fingerprint density at radius 1 is 0.971 bits per heavy atom. The third-order valence-corrected chi connectivity index (χ3v) is 6.47. The molecule has 3 heteroatoms. The number of benzene rings is 3. The second-order valence-electron chi connectivity index (χ2n) is 10.3. The molecule has 0 radical (unpaired) electrons. The van der Waals surface area contributed by atoms with Crippen LogP contribution >= 0.6 is 0 Å². The van der Waals surface area contributed by atoms with Crippen molar-refractivity contribution in [1.82, 2.24) is 0 Å². The SMILES string of the molecule is [2H]C([2H])(c1cc(C)[n+](C)c(-c2c(C)cc(-c3ccccc3)c3c2oc2c([N+]#[C-])cccc23)c1)C(C)(C)C. The van der Waals surface area contributed by atoms with Gasteiger partial charge in [0.1, 0.15) is 18.2 Å². The van der Waals surface area contributed by atoms with Gasteiger partial charge in [0.15, 0.2) is 5.69 Å². The minimum absolute atomic E-state index is 0.481. The van der Waals surface area contributed by atoms with Crippen molar-refractivity contribution in [1.29, 1.82) is 0 Å². The highest BCUT2D eigenvalue weighted by Gasteiger charge is 2.26. The Labute approximate surface area is 210 Å². The van der Waals surface area contributed by atoms with Gasteiger partial charge in [-0.3, -0.25) is 0 Å². The molecule has 5 rings (SSSR count). The maximum absolute atomic E-state index is 8.95. The number of pyridine rings is 1. The fourth-order valence-electron chi connectivity index (χ4n) is 4.88. The third-order valence-electron chi connectivity index (χ3n) is 6.47. The fraction of sp³-hybridized carbons (Fsp3) is 0.250. The van der Waals surface area contributed by atoms with Gasteiger partial charge in [-0.15, -0.1) is 0 Å². The van der Waals surface area contributed by atoms with Crippen molar-refractivity contribution in [3.63, 3.8) is 0 Å². The molecule has 0 aliphatic heterocycles. The molecule has 0 aliphatic rings. The van der Waals surface area contributed by atoms with Crippen LogP contribution in [0.15, 0.2) is 71.1 Å². The lowest BCUT2D eigenvalue weighted by atomic mass is 9.87. The first-order valence-corrected chi connectivity index (χ1v) is 11.9. The molecule has 3 aromatic carbocycles. The summed E-state index contributed by atoms with van der Waals surface area (Å²) in [6.07, 6.45) is -1.54. The third kappa shape index (κ3) is 4.00. The fourth-order valence-corrected chi connectivity index (χ4v) is 4.88. The summed E-state index contributed by atoms with van der Waals surface area (Å²) in [4.78, 5) is 3.73. The Balaban J connectivity index is 1.94. The molecule has 5 aromatic rings. The first-order valence-electron chi connectivity index (χ1n) is 12.9. The van der Waals surface area contributed by atoms with Crippen molar-refractivity contribution in [2.24, 2.45) is 12.5 Å². The lowest BCUT2D eigenvalue weighted by molar-refractivity contribution is -0.666. The van der Waals surface area contributed by atoms with Crippen LogP contribution in [0.3, 0.4) is 0 Å². The van der Waals surface area contributed by atoms with Crippen molar-refractivity contribution in [3.8, 4) is 22.4 Å². The van der Waals surface area contributed by atoms with Crippen LogP contribution in [-0.2, 0) is 13.4 Å². The number of para-hydroxylation sites is 1. The van der Waals surface area contributed by atoms with Crippen LogP contribution in [0, 0.1) is 25.8 Å². The van der Waals surface area contributed by atoms with E-state index in [9.17, 15) is 0 Å². The average Bonchev–Trinajstić information content (AvgIpc) is 3.24. The van der Waals surface area contributed by atoms with Gasteiger partial charge in [-0.05, 0) is 47.0 Å². The molecular weight excluding hydrogens is 428 g/mol. The van der Waals surface area contributed by atoms with Gasteiger partial charge in [0.05, 0.1) is 12.1 Å². The number of hydrogen-bond donors (Lipinski definition) is 0. The molecule has 3 nitrogen and oxygen atoms in total. The summed E-state index contributed by atoms with van der Waals surface area (Å²) in [5, 5.41) is 1.87. The van der Waals surface area contributed by atoms with Crippen LogP contribution in [-0.4, -0.2) is 0 Å². The first kappa shape index (κ1) is 20.5.